The Labute approximate surface area is 145 Å². The van der Waals surface area contributed by atoms with Crippen LogP contribution in [-0.4, -0.2) is 55.0 Å². The first-order valence-electron chi connectivity index (χ1n) is 8.21. The molecule has 3 rings (SSSR count). The zero-order valence-corrected chi connectivity index (χ0v) is 15.0. The van der Waals surface area contributed by atoms with E-state index in [9.17, 15) is 21.6 Å². The summed E-state index contributed by atoms with van der Waals surface area (Å²) in [5.74, 6) is -1.50. The number of nitrogens with zero attached hydrogens (tertiary/aromatic N) is 3. The van der Waals surface area contributed by atoms with Gasteiger partial charge >= 0.3 is 6.18 Å². The van der Waals surface area contributed by atoms with Crippen LogP contribution in [0, 0.1) is 18.3 Å². The van der Waals surface area contributed by atoms with Gasteiger partial charge in [0.2, 0.25) is 10.0 Å². The molecule has 3 heterocycles. The zero-order chi connectivity index (χ0) is 18.5. The van der Waals surface area contributed by atoms with E-state index in [-0.39, 0.29) is 50.5 Å². The Bertz CT molecular complexity index is 739. The first-order valence-corrected chi connectivity index (χ1v) is 9.65. The normalized spacial score (nSPS) is 25.4. The summed E-state index contributed by atoms with van der Waals surface area (Å²) in [4.78, 5) is 0.0580. The van der Waals surface area contributed by atoms with E-state index in [1.807, 2.05) is 0 Å². The smallest absolute Gasteiger partial charge is 0.381 e. The Morgan fingerprint density at radius 3 is 2.48 bits per heavy atom. The number of rotatable bonds is 2. The number of alkyl halides is 3. The van der Waals surface area contributed by atoms with Crippen molar-refractivity contribution < 1.29 is 26.3 Å². The predicted octanol–water partition coefficient (Wildman–Crippen LogP) is 2.10. The molecule has 1 atom stereocenters. The Morgan fingerprint density at radius 1 is 1.32 bits per heavy atom. The van der Waals surface area contributed by atoms with Gasteiger partial charge in [-0.3, -0.25) is 4.68 Å². The first-order chi connectivity index (χ1) is 11.6. The van der Waals surface area contributed by atoms with Gasteiger partial charge in [-0.05, 0) is 26.2 Å². The Balaban J connectivity index is 1.94. The summed E-state index contributed by atoms with van der Waals surface area (Å²) < 4.78 is 74.4. The van der Waals surface area contributed by atoms with Gasteiger partial charge in [0.05, 0.1) is 11.6 Å². The zero-order valence-electron chi connectivity index (χ0n) is 14.2. The molecule has 2 aliphatic heterocycles. The summed E-state index contributed by atoms with van der Waals surface area (Å²) in [6.45, 7) is 1.78. The fourth-order valence-electron chi connectivity index (χ4n) is 4.09. The minimum absolute atomic E-state index is 0.0580. The third-order valence-electron chi connectivity index (χ3n) is 5.37. The van der Waals surface area contributed by atoms with Gasteiger partial charge in [0.15, 0.2) is 0 Å². The molecule has 6 nitrogen and oxygen atoms in total. The molecule has 0 bridgehead atoms. The van der Waals surface area contributed by atoms with Crippen LogP contribution in [0.5, 0.6) is 0 Å². The van der Waals surface area contributed by atoms with Crippen molar-refractivity contribution in [1.82, 2.24) is 14.1 Å². The Kier molecular flexibility index (Phi) is 4.66. The molecule has 25 heavy (non-hydrogen) atoms. The Hall–Kier alpha value is -1.13. The average Bonchev–Trinajstić information content (AvgIpc) is 2.86. The van der Waals surface area contributed by atoms with Crippen LogP contribution in [0.3, 0.4) is 0 Å². The van der Waals surface area contributed by atoms with Gasteiger partial charge in [0.25, 0.3) is 0 Å². The van der Waals surface area contributed by atoms with E-state index in [4.69, 9.17) is 4.74 Å². The maximum absolute atomic E-state index is 13.6. The van der Waals surface area contributed by atoms with E-state index in [0.29, 0.717) is 5.69 Å². The SMILES string of the molecule is Cc1nn(C)cc1S(=O)(=O)N1CC[C@@H](C(F)(F)F)C2(CCOCC2)C1. The summed E-state index contributed by atoms with van der Waals surface area (Å²) in [5.41, 5.74) is -0.765. The minimum Gasteiger partial charge on any atom is -0.381 e. The van der Waals surface area contributed by atoms with Gasteiger partial charge in [0.1, 0.15) is 4.90 Å². The highest BCUT2D eigenvalue weighted by atomic mass is 32.2. The van der Waals surface area contributed by atoms with Crippen molar-refractivity contribution in [3.63, 3.8) is 0 Å². The quantitative estimate of drug-likeness (QED) is 0.787. The maximum atomic E-state index is 13.6. The lowest BCUT2D eigenvalue weighted by molar-refractivity contribution is -0.231. The van der Waals surface area contributed by atoms with Gasteiger partial charge in [-0.15, -0.1) is 0 Å². The lowest BCUT2D eigenvalue weighted by Gasteiger charge is -2.50. The molecular formula is C15H22F3N3O3S. The molecule has 1 aromatic heterocycles. The summed E-state index contributed by atoms with van der Waals surface area (Å²) >= 11 is 0. The van der Waals surface area contributed by atoms with Crippen molar-refractivity contribution in [2.75, 3.05) is 26.3 Å². The fraction of sp³-hybridized carbons (Fsp3) is 0.800. The highest BCUT2D eigenvalue weighted by Crippen LogP contribution is 2.51. The van der Waals surface area contributed by atoms with Crippen molar-refractivity contribution in [2.45, 2.75) is 37.3 Å². The fourth-order valence-corrected chi connectivity index (χ4v) is 5.84. The van der Waals surface area contributed by atoms with Crippen molar-refractivity contribution >= 4 is 10.0 Å². The van der Waals surface area contributed by atoms with E-state index < -0.39 is 27.5 Å². The van der Waals surface area contributed by atoms with Crippen molar-refractivity contribution in [1.29, 1.82) is 0 Å². The predicted molar refractivity (Wildman–Crippen MR) is 83.4 cm³/mol. The summed E-state index contributed by atoms with van der Waals surface area (Å²) in [6.07, 6.45) is -2.72. The van der Waals surface area contributed by atoms with Crippen molar-refractivity contribution in [2.24, 2.45) is 18.4 Å². The second-order valence-electron chi connectivity index (χ2n) is 6.95. The number of aryl methyl sites for hydroxylation is 2. The third kappa shape index (κ3) is 3.31. The van der Waals surface area contributed by atoms with E-state index in [2.05, 4.69) is 5.10 Å². The molecule has 1 spiro atoms. The molecule has 0 amide bonds. The third-order valence-corrected chi connectivity index (χ3v) is 7.32. The maximum Gasteiger partial charge on any atom is 0.392 e. The van der Waals surface area contributed by atoms with E-state index >= 15 is 0 Å². The van der Waals surface area contributed by atoms with Gasteiger partial charge < -0.3 is 4.74 Å². The highest BCUT2D eigenvalue weighted by Gasteiger charge is 2.57. The molecule has 0 aromatic carbocycles. The Morgan fingerprint density at radius 2 is 1.96 bits per heavy atom. The van der Waals surface area contributed by atoms with Gasteiger partial charge in [-0.1, -0.05) is 0 Å². The van der Waals surface area contributed by atoms with Crippen LogP contribution in [0.25, 0.3) is 0 Å². The van der Waals surface area contributed by atoms with E-state index in [1.165, 1.54) is 15.2 Å². The van der Waals surface area contributed by atoms with Crippen LogP contribution in [0.15, 0.2) is 11.1 Å². The van der Waals surface area contributed by atoms with Gasteiger partial charge in [0, 0.05) is 45.0 Å². The van der Waals surface area contributed by atoms with Crippen LogP contribution < -0.4 is 0 Å². The molecule has 2 saturated heterocycles. The monoisotopic (exact) mass is 381 g/mol. The van der Waals surface area contributed by atoms with Crippen LogP contribution in [0.4, 0.5) is 13.2 Å². The molecule has 142 valence electrons. The topological polar surface area (TPSA) is 64.4 Å². The average molecular weight is 381 g/mol. The minimum atomic E-state index is -4.34. The second-order valence-corrected chi connectivity index (χ2v) is 8.85. The van der Waals surface area contributed by atoms with E-state index in [1.54, 1.807) is 14.0 Å². The summed E-state index contributed by atoms with van der Waals surface area (Å²) in [5, 5.41) is 4.04. The molecule has 0 saturated carbocycles. The largest absolute Gasteiger partial charge is 0.392 e. The molecule has 0 unspecified atom stereocenters. The van der Waals surface area contributed by atoms with Crippen LogP contribution in [0.2, 0.25) is 0 Å². The van der Waals surface area contributed by atoms with E-state index in [0.717, 1.165) is 0 Å². The lowest BCUT2D eigenvalue weighted by atomic mass is 9.66. The number of ether oxygens (including phenoxy) is 1. The van der Waals surface area contributed by atoms with Gasteiger partial charge in [-0.25, -0.2) is 8.42 Å². The summed E-state index contributed by atoms with van der Waals surface area (Å²) in [6, 6.07) is 0. The molecular weight excluding hydrogens is 359 g/mol. The van der Waals surface area contributed by atoms with Crippen LogP contribution >= 0.6 is 0 Å². The number of halogens is 3. The van der Waals surface area contributed by atoms with Crippen molar-refractivity contribution in [3.8, 4) is 0 Å². The van der Waals surface area contributed by atoms with Gasteiger partial charge in [-0.2, -0.15) is 22.6 Å². The number of hydrogen-bond donors (Lipinski definition) is 0. The number of piperidine rings is 1. The molecule has 0 radical (unpaired) electrons. The molecule has 2 fully saturated rings. The molecule has 2 aliphatic rings. The molecule has 10 heteroatoms. The van der Waals surface area contributed by atoms with Crippen LogP contribution in [-0.2, 0) is 21.8 Å². The number of sulfonamides is 1. The molecule has 0 N–H and O–H groups in total. The summed E-state index contributed by atoms with van der Waals surface area (Å²) in [7, 11) is -2.26. The second kappa shape index (κ2) is 6.24. The standard InChI is InChI=1S/C15H22F3N3O3S/c1-11-12(9-20(2)19-11)25(22,23)21-6-3-13(15(16,17)18)14(10-21)4-7-24-8-5-14/h9,13H,3-8,10H2,1-2H3/t13-/m1/s1. The molecule has 0 aliphatic carbocycles. The highest BCUT2D eigenvalue weighted by molar-refractivity contribution is 7.89. The van der Waals surface area contributed by atoms with Crippen LogP contribution in [0.1, 0.15) is 25.0 Å². The van der Waals surface area contributed by atoms with Crippen molar-refractivity contribution in [3.05, 3.63) is 11.9 Å². The lowest BCUT2D eigenvalue weighted by Crippen LogP contribution is -2.56. The first kappa shape index (κ1) is 18.7. The number of hydrogen-bond acceptors (Lipinski definition) is 4. The number of aromatic nitrogens is 2. The molecule has 1 aromatic rings.